The summed E-state index contributed by atoms with van der Waals surface area (Å²) in [5, 5.41) is 0. The van der Waals surface area contributed by atoms with Crippen LogP contribution in [-0.2, 0) is 4.79 Å². The van der Waals surface area contributed by atoms with Gasteiger partial charge >= 0.3 is 0 Å². The lowest BCUT2D eigenvalue weighted by Crippen LogP contribution is -2.11. The van der Waals surface area contributed by atoms with Gasteiger partial charge < -0.3 is 4.79 Å². The largest absolute Gasteiger partial charge is 0.303 e. The Morgan fingerprint density at radius 3 is 2.54 bits per heavy atom. The third-order valence-corrected chi connectivity index (χ3v) is 1.96. The van der Waals surface area contributed by atoms with Gasteiger partial charge in [0.15, 0.2) is 5.78 Å². The number of benzene rings is 1. The quantitative estimate of drug-likeness (QED) is 0.520. The van der Waals surface area contributed by atoms with Crippen molar-refractivity contribution < 1.29 is 9.59 Å². The van der Waals surface area contributed by atoms with Gasteiger partial charge in [-0.2, -0.15) is 0 Å². The van der Waals surface area contributed by atoms with E-state index in [4.69, 9.17) is 0 Å². The van der Waals surface area contributed by atoms with Gasteiger partial charge in [0.1, 0.15) is 6.29 Å². The molecule has 0 bridgehead atoms. The monoisotopic (exact) mass is 176 g/mol. The summed E-state index contributed by atoms with van der Waals surface area (Å²) in [6.07, 6.45) is 1.08. The zero-order chi connectivity index (χ0) is 9.68. The van der Waals surface area contributed by atoms with Crippen LogP contribution in [0.1, 0.15) is 23.7 Å². The van der Waals surface area contributed by atoms with E-state index in [9.17, 15) is 9.59 Å². The molecule has 2 nitrogen and oxygen atoms in total. The number of hydrogen-bond donors (Lipinski definition) is 0. The number of ketones is 1. The van der Waals surface area contributed by atoms with Crippen LogP contribution in [0.3, 0.4) is 0 Å². The Morgan fingerprint density at radius 1 is 1.38 bits per heavy atom. The van der Waals surface area contributed by atoms with E-state index < -0.39 is 0 Å². The smallest absolute Gasteiger partial charge is 0.166 e. The summed E-state index contributed by atoms with van der Waals surface area (Å²) >= 11 is 0. The van der Waals surface area contributed by atoms with Crippen LogP contribution < -0.4 is 0 Å². The molecule has 0 aliphatic carbocycles. The van der Waals surface area contributed by atoms with E-state index in [2.05, 4.69) is 0 Å². The maximum Gasteiger partial charge on any atom is 0.166 e. The summed E-state index contributed by atoms with van der Waals surface area (Å²) in [6, 6.07) is 9.04. The molecule has 0 unspecified atom stereocenters. The zero-order valence-corrected chi connectivity index (χ0v) is 7.57. The van der Waals surface area contributed by atoms with Crippen LogP contribution >= 0.6 is 0 Å². The van der Waals surface area contributed by atoms with E-state index in [0.717, 1.165) is 6.29 Å². The summed E-state index contributed by atoms with van der Waals surface area (Å²) in [5.41, 5.74) is 0.678. The van der Waals surface area contributed by atoms with E-state index >= 15 is 0 Å². The topological polar surface area (TPSA) is 34.1 Å². The van der Waals surface area contributed by atoms with Gasteiger partial charge in [-0.15, -0.1) is 0 Å². The summed E-state index contributed by atoms with van der Waals surface area (Å²) < 4.78 is 0. The molecule has 1 aromatic carbocycles. The third-order valence-electron chi connectivity index (χ3n) is 1.96. The van der Waals surface area contributed by atoms with Gasteiger partial charge in [0.2, 0.25) is 0 Å². The number of carbonyl (C=O) groups excluding carboxylic acids is 2. The van der Waals surface area contributed by atoms with Crippen molar-refractivity contribution in [3.05, 3.63) is 35.9 Å². The average molecular weight is 176 g/mol. The lowest BCUT2D eigenvalue weighted by atomic mass is 9.97. The number of rotatable bonds is 4. The van der Waals surface area contributed by atoms with Crippen molar-refractivity contribution in [2.24, 2.45) is 5.92 Å². The van der Waals surface area contributed by atoms with Crippen molar-refractivity contribution >= 4 is 12.1 Å². The van der Waals surface area contributed by atoms with Crippen molar-refractivity contribution in [2.45, 2.75) is 13.3 Å². The van der Waals surface area contributed by atoms with Crippen LogP contribution in [-0.4, -0.2) is 12.1 Å². The molecule has 0 radical (unpaired) electrons. The molecule has 0 N–H and O–H groups in total. The minimum Gasteiger partial charge on any atom is -0.303 e. The Hall–Kier alpha value is -1.44. The summed E-state index contributed by atoms with van der Waals surface area (Å²) in [7, 11) is 0. The lowest BCUT2D eigenvalue weighted by molar-refractivity contribution is -0.108. The van der Waals surface area contributed by atoms with Crippen LogP contribution in [0.15, 0.2) is 30.3 Å². The van der Waals surface area contributed by atoms with Gasteiger partial charge in [-0.05, 0) is 0 Å². The highest BCUT2D eigenvalue weighted by molar-refractivity contribution is 5.98. The van der Waals surface area contributed by atoms with E-state index in [-0.39, 0.29) is 11.7 Å². The molecule has 68 valence electrons. The highest BCUT2D eigenvalue weighted by Gasteiger charge is 2.13. The molecule has 0 saturated carbocycles. The van der Waals surface area contributed by atoms with Crippen LogP contribution in [0.2, 0.25) is 0 Å². The maximum atomic E-state index is 11.6. The van der Waals surface area contributed by atoms with Crippen molar-refractivity contribution in [1.29, 1.82) is 0 Å². The van der Waals surface area contributed by atoms with Crippen LogP contribution in [0, 0.1) is 5.92 Å². The Morgan fingerprint density at radius 2 is 2.00 bits per heavy atom. The molecule has 13 heavy (non-hydrogen) atoms. The molecule has 0 heterocycles. The fourth-order valence-corrected chi connectivity index (χ4v) is 1.14. The number of carbonyl (C=O) groups is 2. The second-order valence-corrected chi connectivity index (χ2v) is 3.03. The standard InChI is InChI=1S/C11H12O2/c1-9(7-8-12)11(13)10-5-3-2-4-6-10/h2-6,8-9H,7H2,1H3/t9-/m1/s1. The number of aldehydes is 1. The van der Waals surface area contributed by atoms with Crippen LogP contribution in [0.25, 0.3) is 0 Å². The predicted octanol–water partition coefficient (Wildman–Crippen LogP) is 2.09. The summed E-state index contributed by atoms with van der Waals surface area (Å²) in [4.78, 5) is 21.8. The first-order valence-corrected chi connectivity index (χ1v) is 4.28. The Labute approximate surface area is 77.6 Å². The molecular weight excluding hydrogens is 164 g/mol. The first-order valence-electron chi connectivity index (χ1n) is 4.28. The van der Waals surface area contributed by atoms with Crippen molar-refractivity contribution in [3.63, 3.8) is 0 Å². The molecule has 0 aromatic heterocycles. The fraction of sp³-hybridized carbons (Fsp3) is 0.273. The van der Waals surface area contributed by atoms with E-state index in [0.29, 0.717) is 12.0 Å². The Kier molecular flexibility index (Phi) is 3.38. The minimum atomic E-state index is -0.208. The molecule has 0 saturated heterocycles. The summed E-state index contributed by atoms with van der Waals surface area (Å²) in [5.74, 6) is -0.174. The highest BCUT2D eigenvalue weighted by atomic mass is 16.1. The van der Waals surface area contributed by atoms with Gasteiger partial charge in [-0.3, -0.25) is 4.79 Å². The average Bonchev–Trinajstić information content (AvgIpc) is 2.18. The molecule has 0 amide bonds. The van der Waals surface area contributed by atoms with Gasteiger partial charge in [0.05, 0.1) is 0 Å². The highest BCUT2D eigenvalue weighted by Crippen LogP contribution is 2.10. The SMILES string of the molecule is C[C@H](CC=O)C(=O)c1ccccc1. The van der Waals surface area contributed by atoms with Crippen LogP contribution in [0.4, 0.5) is 0 Å². The molecule has 0 spiro atoms. The van der Waals surface area contributed by atoms with Crippen molar-refractivity contribution in [1.82, 2.24) is 0 Å². The molecular formula is C11H12O2. The lowest BCUT2D eigenvalue weighted by Gasteiger charge is -2.05. The van der Waals surface area contributed by atoms with Crippen molar-refractivity contribution in [3.8, 4) is 0 Å². The van der Waals surface area contributed by atoms with E-state index in [1.807, 2.05) is 18.2 Å². The first kappa shape index (κ1) is 9.65. The fourth-order valence-electron chi connectivity index (χ4n) is 1.14. The molecule has 1 rings (SSSR count). The Bertz CT molecular complexity index is 290. The molecule has 0 aliphatic heterocycles. The number of hydrogen-bond acceptors (Lipinski definition) is 2. The zero-order valence-electron chi connectivity index (χ0n) is 7.57. The second-order valence-electron chi connectivity index (χ2n) is 3.03. The van der Waals surface area contributed by atoms with Gasteiger partial charge in [-0.1, -0.05) is 37.3 Å². The predicted molar refractivity (Wildman–Crippen MR) is 50.6 cm³/mol. The molecule has 0 aliphatic rings. The molecule has 1 atom stereocenters. The van der Waals surface area contributed by atoms with Gasteiger partial charge in [-0.25, -0.2) is 0 Å². The van der Waals surface area contributed by atoms with Crippen molar-refractivity contribution in [2.75, 3.05) is 0 Å². The molecule has 0 fully saturated rings. The third kappa shape index (κ3) is 2.51. The Balaban J connectivity index is 2.73. The molecule has 2 heteroatoms. The maximum absolute atomic E-state index is 11.6. The number of Topliss-reactive ketones (excluding diaryl/α,β-unsaturated/α-hetero) is 1. The molecule has 1 aromatic rings. The van der Waals surface area contributed by atoms with E-state index in [1.54, 1.807) is 19.1 Å². The van der Waals surface area contributed by atoms with Crippen LogP contribution in [0.5, 0.6) is 0 Å². The van der Waals surface area contributed by atoms with Gasteiger partial charge in [0, 0.05) is 17.9 Å². The van der Waals surface area contributed by atoms with Gasteiger partial charge in [0.25, 0.3) is 0 Å². The second kappa shape index (κ2) is 4.55. The minimum absolute atomic E-state index is 0.0349. The van der Waals surface area contributed by atoms with E-state index in [1.165, 1.54) is 0 Å². The summed E-state index contributed by atoms with van der Waals surface area (Å²) in [6.45, 7) is 1.77. The normalized spacial score (nSPS) is 12.1. The first-order chi connectivity index (χ1) is 6.25.